The highest BCUT2D eigenvalue weighted by atomic mass is 16.2. The van der Waals surface area contributed by atoms with Crippen molar-refractivity contribution in [3.8, 4) is 0 Å². The fourth-order valence-electron chi connectivity index (χ4n) is 2.69. The van der Waals surface area contributed by atoms with Gasteiger partial charge in [0, 0.05) is 19.5 Å². The number of nitrogens with zero attached hydrogens (tertiary/aromatic N) is 1. The third-order valence-electron chi connectivity index (χ3n) is 3.84. The van der Waals surface area contributed by atoms with E-state index in [2.05, 4.69) is 5.32 Å². The van der Waals surface area contributed by atoms with Gasteiger partial charge in [0.1, 0.15) is 6.04 Å². The molecule has 0 radical (unpaired) electrons. The fourth-order valence-corrected chi connectivity index (χ4v) is 2.69. The molecular weight excluding hydrogens is 300 g/mol. The van der Waals surface area contributed by atoms with E-state index in [0.717, 1.165) is 11.1 Å². The van der Waals surface area contributed by atoms with Crippen LogP contribution in [0.3, 0.4) is 0 Å². The summed E-state index contributed by atoms with van der Waals surface area (Å²) >= 11 is 0. The van der Waals surface area contributed by atoms with Crippen molar-refractivity contribution in [2.24, 2.45) is 0 Å². The van der Waals surface area contributed by atoms with Gasteiger partial charge in [-0.05, 0) is 18.1 Å². The van der Waals surface area contributed by atoms with Crippen LogP contribution in [0.15, 0.2) is 60.7 Å². The van der Waals surface area contributed by atoms with E-state index < -0.39 is 6.04 Å². The summed E-state index contributed by atoms with van der Waals surface area (Å²) < 4.78 is 0. The Labute approximate surface area is 143 Å². The maximum atomic E-state index is 12.7. The van der Waals surface area contributed by atoms with Gasteiger partial charge in [-0.15, -0.1) is 0 Å². The molecule has 2 aromatic carbocycles. The third-order valence-corrected chi connectivity index (χ3v) is 3.84. The lowest BCUT2D eigenvalue weighted by Crippen LogP contribution is -2.43. The zero-order valence-corrected chi connectivity index (χ0v) is 14.2. The average Bonchev–Trinajstić information content (AvgIpc) is 2.62. The Morgan fingerprint density at radius 3 is 2.08 bits per heavy atom. The van der Waals surface area contributed by atoms with E-state index in [4.69, 9.17) is 0 Å². The highest BCUT2D eigenvalue weighted by Gasteiger charge is 2.30. The van der Waals surface area contributed by atoms with Gasteiger partial charge in [0.25, 0.3) is 0 Å². The van der Waals surface area contributed by atoms with E-state index in [1.54, 1.807) is 4.90 Å². The van der Waals surface area contributed by atoms with Crippen molar-refractivity contribution in [3.05, 3.63) is 71.8 Å². The van der Waals surface area contributed by atoms with E-state index in [-0.39, 0.29) is 11.8 Å². The van der Waals surface area contributed by atoms with Crippen LogP contribution in [-0.2, 0) is 16.1 Å². The van der Waals surface area contributed by atoms with Gasteiger partial charge < -0.3 is 10.2 Å². The van der Waals surface area contributed by atoms with Gasteiger partial charge in [0.05, 0.1) is 0 Å². The predicted octanol–water partition coefficient (Wildman–Crippen LogP) is 3.30. The van der Waals surface area contributed by atoms with Crippen LogP contribution in [0.4, 0.5) is 0 Å². The SMILES string of the molecule is CCNC(=O)C(c1ccccc1)N(Cc1ccccc1)C(=O)CC. The van der Waals surface area contributed by atoms with Crippen LogP contribution in [0.25, 0.3) is 0 Å². The largest absolute Gasteiger partial charge is 0.354 e. The van der Waals surface area contributed by atoms with Crippen molar-refractivity contribution in [1.82, 2.24) is 10.2 Å². The minimum Gasteiger partial charge on any atom is -0.354 e. The maximum Gasteiger partial charge on any atom is 0.247 e. The van der Waals surface area contributed by atoms with Crippen molar-refractivity contribution in [2.45, 2.75) is 32.9 Å². The van der Waals surface area contributed by atoms with Crippen LogP contribution in [0.5, 0.6) is 0 Å². The molecule has 0 aliphatic carbocycles. The molecule has 0 spiro atoms. The molecule has 1 unspecified atom stereocenters. The van der Waals surface area contributed by atoms with Crippen molar-refractivity contribution < 1.29 is 9.59 Å². The minimum absolute atomic E-state index is 0.0426. The molecule has 2 rings (SSSR count). The van der Waals surface area contributed by atoms with Gasteiger partial charge in [0.15, 0.2) is 0 Å². The van der Waals surface area contributed by atoms with Gasteiger partial charge in [-0.1, -0.05) is 67.6 Å². The topological polar surface area (TPSA) is 49.4 Å². The van der Waals surface area contributed by atoms with E-state index in [0.29, 0.717) is 19.5 Å². The Morgan fingerprint density at radius 1 is 0.958 bits per heavy atom. The van der Waals surface area contributed by atoms with E-state index in [1.807, 2.05) is 74.5 Å². The zero-order valence-electron chi connectivity index (χ0n) is 14.2. The number of carbonyl (C=O) groups excluding carboxylic acids is 2. The number of nitrogens with one attached hydrogen (secondary N) is 1. The molecule has 0 fully saturated rings. The molecule has 2 amide bonds. The minimum atomic E-state index is -0.626. The van der Waals surface area contributed by atoms with Crippen LogP contribution in [-0.4, -0.2) is 23.3 Å². The molecule has 0 aromatic heterocycles. The van der Waals surface area contributed by atoms with Crippen LogP contribution < -0.4 is 5.32 Å². The summed E-state index contributed by atoms with van der Waals surface area (Å²) in [6.45, 7) is 4.63. The highest BCUT2D eigenvalue weighted by Crippen LogP contribution is 2.24. The summed E-state index contributed by atoms with van der Waals surface area (Å²) in [5, 5.41) is 2.86. The molecule has 0 aliphatic heterocycles. The molecule has 0 saturated heterocycles. The van der Waals surface area contributed by atoms with Gasteiger partial charge in [0.2, 0.25) is 11.8 Å². The summed E-state index contributed by atoms with van der Waals surface area (Å²) in [6.07, 6.45) is 0.357. The number of rotatable bonds is 7. The van der Waals surface area contributed by atoms with Gasteiger partial charge in [-0.25, -0.2) is 0 Å². The first-order chi connectivity index (χ1) is 11.7. The second-order valence-electron chi connectivity index (χ2n) is 5.57. The van der Waals surface area contributed by atoms with E-state index in [9.17, 15) is 9.59 Å². The summed E-state index contributed by atoms with van der Waals surface area (Å²) in [7, 11) is 0. The van der Waals surface area contributed by atoms with Crippen molar-refractivity contribution in [2.75, 3.05) is 6.54 Å². The van der Waals surface area contributed by atoms with Crippen LogP contribution in [0, 0.1) is 0 Å². The van der Waals surface area contributed by atoms with Crippen LogP contribution >= 0.6 is 0 Å². The molecule has 0 aliphatic rings. The monoisotopic (exact) mass is 324 g/mol. The van der Waals surface area contributed by atoms with Gasteiger partial charge in [-0.3, -0.25) is 9.59 Å². The fraction of sp³-hybridized carbons (Fsp3) is 0.300. The van der Waals surface area contributed by atoms with Crippen molar-refractivity contribution >= 4 is 11.8 Å². The lowest BCUT2D eigenvalue weighted by molar-refractivity contribution is -0.141. The number of amides is 2. The Balaban J connectivity index is 2.40. The summed E-state index contributed by atoms with van der Waals surface area (Å²) in [6, 6.07) is 18.6. The summed E-state index contributed by atoms with van der Waals surface area (Å²) in [5.74, 6) is -0.194. The number of hydrogen-bond donors (Lipinski definition) is 1. The van der Waals surface area contributed by atoms with Gasteiger partial charge >= 0.3 is 0 Å². The van der Waals surface area contributed by atoms with Crippen LogP contribution in [0.1, 0.15) is 37.4 Å². The normalized spacial score (nSPS) is 11.6. The maximum absolute atomic E-state index is 12.7. The molecule has 4 nitrogen and oxygen atoms in total. The Hall–Kier alpha value is -2.62. The molecule has 0 bridgehead atoms. The number of carbonyl (C=O) groups is 2. The summed E-state index contributed by atoms with van der Waals surface area (Å²) in [5.41, 5.74) is 1.82. The molecule has 24 heavy (non-hydrogen) atoms. The molecule has 1 N–H and O–H groups in total. The Kier molecular flexibility index (Phi) is 6.55. The highest BCUT2D eigenvalue weighted by molar-refractivity contribution is 5.88. The standard InChI is InChI=1S/C20H24N2O2/c1-3-18(23)22(15-16-11-7-5-8-12-16)19(20(24)21-4-2)17-13-9-6-10-14-17/h5-14,19H,3-4,15H2,1-2H3,(H,21,24). The van der Waals surface area contributed by atoms with Crippen molar-refractivity contribution in [1.29, 1.82) is 0 Å². The zero-order chi connectivity index (χ0) is 17.4. The molecule has 2 aromatic rings. The molecular formula is C20H24N2O2. The first-order valence-corrected chi connectivity index (χ1v) is 8.33. The van der Waals surface area contributed by atoms with E-state index in [1.165, 1.54) is 0 Å². The van der Waals surface area contributed by atoms with Gasteiger partial charge in [-0.2, -0.15) is 0 Å². The van der Waals surface area contributed by atoms with Crippen LogP contribution in [0.2, 0.25) is 0 Å². The lowest BCUT2D eigenvalue weighted by Gasteiger charge is -2.31. The molecule has 4 heteroatoms. The second-order valence-corrected chi connectivity index (χ2v) is 5.57. The smallest absolute Gasteiger partial charge is 0.247 e. The predicted molar refractivity (Wildman–Crippen MR) is 95.1 cm³/mol. The molecule has 0 saturated carbocycles. The lowest BCUT2D eigenvalue weighted by atomic mass is 10.0. The molecule has 0 heterocycles. The first-order valence-electron chi connectivity index (χ1n) is 8.33. The summed E-state index contributed by atoms with van der Waals surface area (Å²) in [4.78, 5) is 26.9. The third kappa shape index (κ3) is 4.44. The number of hydrogen-bond acceptors (Lipinski definition) is 2. The van der Waals surface area contributed by atoms with Crippen molar-refractivity contribution in [3.63, 3.8) is 0 Å². The van der Waals surface area contributed by atoms with E-state index >= 15 is 0 Å². The quantitative estimate of drug-likeness (QED) is 0.849. The molecule has 126 valence electrons. The second kappa shape index (κ2) is 8.87. The number of benzene rings is 2. The first kappa shape index (κ1) is 17.7. The number of likely N-dealkylation sites (N-methyl/N-ethyl adjacent to an activating group) is 1. The average molecular weight is 324 g/mol. The Bertz CT molecular complexity index is 656. The Morgan fingerprint density at radius 2 is 1.54 bits per heavy atom. The molecule has 1 atom stereocenters.